The summed E-state index contributed by atoms with van der Waals surface area (Å²) in [4.78, 5) is 13.0. The van der Waals surface area contributed by atoms with Crippen molar-refractivity contribution in [3.8, 4) is 5.75 Å². The fourth-order valence-corrected chi connectivity index (χ4v) is 5.98. The fraction of sp³-hybridized carbons (Fsp3) is 0.353. The van der Waals surface area contributed by atoms with Crippen LogP contribution in [-0.2, 0) is 21.2 Å². The summed E-state index contributed by atoms with van der Waals surface area (Å²) in [5.74, 6) is 0.240. The Kier molecular flexibility index (Phi) is 5.86. The Labute approximate surface area is 161 Å². The predicted octanol–water partition coefficient (Wildman–Crippen LogP) is 3.38. The molecular weight excluding hydrogens is 396 g/mol. The van der Waals surface area contributed by atoms with Crippen molar-refractivity contribution in [3.05, 3.63) is 40.2 Å². The maximum atomic E-state index is 12.6. The molecule has 9 heteroatoms. The van der Waals surface area contributed by atoms with Crippen molar-refractivity contribution in [2.75, 3.05) is 25.5 Å². The lowest BCUT2D eigenvalue weighted by Gasteiger charge is -2.13. The number of methoxy groups -OCH3 is 1. The number of nitrogens with one attached hydrogen (secondary N) is 1. The van der Waals surface area contributed by atoms with Gasteiger partial charge in [0.2, 0.25) is 5.91 Å². The SMILES string of the molecule is COc1ccc(Cl)cc1NC(=O)Cc1ccc(S(=O)(=O)N2CCCC2)s1. The lowest BCUT2D eigenvalue weighted by Crippen LogP contribution is -2.27. The van der Waals surface area contributed by atoms with Crippen LogP contribution in [0.4, 0.5) is 5.69 Å². The van der Waals surface area contributed by atoms with Crippen LogP contribution in [0.25, 0.3) is 0 Å². The third kappa shape index (κ3) is 4.20. The monoisotopic (exact) mass is 414 g/mol. The summed E-state index contributed by atoms with van der Waals surface area (Å²) < 4.78 is 32.1. The first-order valence-electron chi connectivity index (χ1n) is 8.12. The molecule has 1 amide bonds. The van der Waals surface area contributed by atoms with Crippen LogP contribution >= 0.6 is 22.9 Å². The summed E-state index contributed by atoms with van der Waals surface area (Å²) in [6.07, 6.45) is 1.86. The highest BCUT2D eigenvalue weighted by molar-refractivity contribution is 7.91. The number of ether oxygens (including phenoxy) is 1. The lowest BCUT2D eigenvalue weighted by atomic mass is 10.2. The molecule has 0 aliphatic carbocycles. The lowest BCUT2D eigenvalue weighted by molar-refractivity contribution is -0.115. The van der Waals surface area contributed by atoms with E-state index in [0.29, 0.717) is 34.4 Å². The maximum absolute atomic E-state index is 12.6. The van der Waals surface area contributed by atoms with Crippen LogP contribution in [0.5, 0.6) is 5.75 Å². The number of halogens is 1. The Balaban J connectivity index is 1.69. The summed E-state index contributed by atoms with van der Waals surface area (Å²) in [6, 6.07) is 8.20. The summed E-state index contributed by atoms with van der Waals surface area (Å²) in [7, 11) is -1.94. The van der Waals surface area contributed by atoms with E-state index in [9.17, 15) is 13.2 Å². The van der Waals surface area contributed by atoms with Gasteiger partial charge in [-0.05, 0) is 43.2 Å². The van der Waals surface area contributed by atoms with Gasteiger partial charge in [-0.25, -0.2) is 8.42 Å². The van der Waals surface area contributed by atoms with Crippen molar-refractivity contribution in [3.63, 3.8) is 0 Å². The molecule has 0 atom stereocenters. The van der Waals surface area contributed by atoms with Gasteiger partial charge in [0.25, 0.3) is 10.0 Å². The summed E-state index contributed by atoms with van der Waals surface area (Å²) in [5, 5.41) is 3.23. The van der Waals surface area contributed by atoms with Gasteiger partial charge in [-0.15, -0.1) is 11.3 Å². The second kappa shape index (κ2) is 7.96. The van der Waals surface area contributed by atoms with Crippen LogP contribution in [0.2, 0.25) is 5.02 Å². The Hall–Kier alpha value is -1.61. The molecule has 0 spiro atoms. The van der Waals surface area contributed by atoms with E-state index in [1.54, 1.807) is 30.3 Å². The molecule has 0 bridgehead atoms. The standard InChI is InChI=1S/C17H19ClN2O4S2/c1-24-15-6-4-12(18)10-14(15)19-16(21)11-13-5-7-17(25-13)26(22,23)20-8-2-3-9-20/h4-7,10H,2-3,8-9,11H2,1H3,(H,19,21). The van der Waals surface area contributed by atoms with Crippen LogP contribution in [0, 0.1) is 0 Å². The summed E-state index contributed by atoms with van der Waals surface area (Å²) >= 11 is 7.09. The highest BCUT2D eigenvalue weighted by Gasteiger charge is 2.28. The van der Waals surface area contributed by atoms with Gasteiger partial charge in [0, 0.05) is 23.0 Å². The molecule has 2 heterocycles. The molecule has 26 heavy (non-hydrogen) atoms. The number of hydrogen-bond acceptors (Lipinski definition) is 5. The van der Waals surface area contributed by atoms with E-state index in [4.69, 9.17) is 16.3 Å². The zero-order chi connectivity index (χ0) is 18.7. The summed E-state index contributed by atoms with van der Waals surface area (Å²) in [5.41, 5.74) is 0.478. The first-order chi connectivity index (χ1) is 12.4. The number of carbonyl (C=O) groups excluding carboxylic acids is 1. The molecule has 140 valence electrons. The molecule has 1 aliphatic rings. The third-order valence-corrected chi connectivity index (χ3v) is 7.75. The van der Waals surface area contributed by atoms with E-state index in [-0.39, 0.29) is 16.5 Å². The molecule has 0 saturated carbocycles. The first-order valence-corrected chi connectivity index (χ1v) is 10.8. The molecule has 1 N–H and O–H groups in total. The van der Waals surface area contributed by atoms with E-state index in [2.05, 4.69) is 5.32 Å². The number of carbonyl (C=O) groups is 1. The average Bonchev–Trinajstić information content (AvgIpc) is 3.27. The normalized spacial score (nSPS) is 15.2. The van der Waals surface area contributed by atoms with E-state index in [0.717, 1.165) is 24.2 Å². The van der Waals surface area contributed by atoms with Crippen molar-refractivity contribution in [2.45, 2.75) is 23.5 Å². The number of hydrogen-bond donors (Lipinski definition) is 1. The number of benzene rings is 1. The minimum atomic E-state index is -3.45. The third-order valence-electron chi connectivity index (χ3n) is 4.07. The van der Waals surface area contributed by atoms with Crippen molar-refractivity contribution >= 4 is 44.6 Å². The quantitative estimate of drug-likeness (QED) is 0.786. The van der Waals surface area contributed by atoms with E-state index in [1.165, 1.54) is 11.4 Å². The van der Waals surface area contributed by atoms with Crippen LogP contribution in [-0.4, -0.2) is 38.8 Å². The van der Waals surface area contributed by atoms with Gasteiger partial charge in [0.15, 0.2) is 0 Å². The average molecular weight is 415 g/mol. The van der Waals surface area contributed by atoms with Crippen molar-refractivity contribution in [1.82, 2.24) is 4.31 Å². The van der Waals surface area contributed by atoms with Gasteiger partial charge in [-0.3, -0.25) is 4.79 Å². The number of amides is 1. The molecule has 6 nitrogen and oxygen atoms in total. The minimum Gasteiger partial charge on any atom is -0.495 e. The molecular formula is C17H19ClN2O4S2. The van der Waals surface area contributed by atoms with Gasteiger partial charge >= 0.3 is 0 Å². The van der Waals surface area contributed by atoms with Gasteiger partial charge in [-0.1, -0.05) is 11.6 Å². The van der Waals surface area contributed by atoms with E-state index in [1.807, 2.05) is 0 Å². The largest absolute Gasteiger partial charge is 0.495 e. The van der Waals surface area contributed by atoms with Crippen LogP contribution in [0.1, 0.15) is 17.7 Å². The Bertz CT molecular complexity index is 905. The number of rotatable bonds is 6. The fourth-order valence-electron chi connectivity index (χ4n) is 2.78. The van der Waals surface area contributed by atoms with E-state index < -0.39 is 10.0 Å². The predicted molar refractivity (Wildman–Crippen MR) is 103 cm³/mol. The number of sulfonamides is 1. The zero-order valence-corrected chi connectivity index (χ0v) is 16.6. The molecule has 0 radical (unpaired) electrons. The van der Waals surface area contributed by atoms with Crippen LogP contribution < -0.4 is 10.1 Å². The number of thiophene rings is 1. The highest BCUT2D eigenvalue weighted by Crippen LogP contribution is 2.29. The summed E-state index contributed by atoms with van der Waals surface area (Å²) in [6.45, 7) is 1.12. The highest BCUT2D eigenvalue weighted by atomic mass is 35.5. The zero-order valence-electron chi connectivity index (χ0n) is 14.2. The number of anilines is 1. The van der Waals surface area contributed by atoms with Crippen LogP contribution in [0.3, 0.4) is 0 Å². The number of nitrogens with zero attached hydrogens (tertiary/aromatic N) is 1. The van der Waals surface area contributed by atoms with Crippen molar-refractivity contribution in [2.24, 2.45) is 0 Å². The van der Waals surface area contributed by atoms with Gasteiger partial charge in [-0.2, -0.15) is 4.31 Å². The molecule has 1 aliphatic heterocycles. The second-order valence-corrected chi connectivity index (χ2v) is 9.67. The molecule has 1 aromatic heterocycles. The van der Waals surface area contributed by atoms with Crippen LogP contribution in [0.15, 0.2) is 34.5 Å². The Morgan fingerprint density at radius 1 is 1.27 bits per heavy atom. The minimum absolute atomic E-state index is 0.0792. The Morgan fingerprint density at radius 2 is 2.00 bits per heavy atom. The first kappa shape index (κ1) is 19.2. The van der Waals surface area contributed by atoms with Crippen molar-refractivity contribution in [1.29, 1.82) is 0 Å². The molecule has 2 aromatic rings. The maximum Gasteiger partial charge on any atom is 0.252 e. The topological polar surface area (TPSA) is 75.7 Å². The molecule has 0 unspecified atom stereocenters. The van der Waals surface area contributed by atoms with Gasteiger partial charge in [0.05, 0.1) is 19.2 Å². The van der Waals surface area contributed by atoms with Gasteiger partial charge in [0.1, 0.15) is 9.96 Å². The smallest absolute Gasteiger partial charge is 0.252 e. The second-order valence-electron chi connectivity index (χ2n) is 5.90. The van der Waals surface area contributed by atoms with Crippen molar-refractivity contribution < 1.29 is 17.9 Å². The Morgan fingerprint density at radius 3 is 2.69 bits per heavy atom. The molecule has 1 saturated heterocycles. The molecule has 1 fully saturated rings. The van der Waals surface area contributed by atoms with E-state index >= 15 is 0 Å². The molecule has 3 rings (SSSR count). The van der Waals surface area contributed by atoms with Gasteiger partial charge < -0.3 is 10.1 Å². The molecule has 1 aromatic carbocycles.